The number of aliphatic imine (C=N–C) groups is 1. The van der Waals surface area contributed by atoms with Crippen LogP contribution in [-0.2, 0) is 7.05 Å². The molecule has 0 atom stereocenters. The number of para-hydroxylation sites is 1. The van der Waals surface area contributed by atoms with Gasteiger partial charge in [-0.3, -0.25) is 4.99 Å². The van der Waals surface area contributed by atoms with Crippen molar-refractivity contribution < 1.29 is 5.11 Å². The molecule has 3 aromatic rings. The van der Waals surface area contributed by atoms with Crippen LogP contribution in [-0.4, -0.2) is 15.9 Å². The van der Waals surface area contributed by atoms with Crippen LogP contribution in [0.15, 0.2) is 47.5 Å². The highest BCUT2D eigenvalue weighted by molar-refractivity contribution is 6.30. The minimum Gasteiger partial charge on any atom is -0.494 e. The van der Waals surface area contributed by atoms with Gasteiger partial charge >= 0.3 is 0 Å². The van der Waals surface area contributed by atoms with Crippen LogP contribution >= 0.6 is 11.6 Å². The van der Waals surface area contributed by atoms with Gasteiger partial charge in [0.1, 0.15) is 0 Å². The molecule has 1 heterocycles. The first-order valence-electron chi connectivity index (χ1n) is 6.64. The molecule has 0 bridgehead atoms. The minimum atomic E-state index is 0.208. The Morgan fingerprint density at radius 2 is 1.95 bits per heavy atom. The number of aryl methyl sites for hydroxylation is 2. The Hall–Kier alpha value is -2.26. The van der Waals surface area contributed by atoms with E-state index >= 15 is 0 Å². The molecular formula is C17H15ClN2O. The zero-order chi connectivity index (χ0) is 15.0. The average Bonchev–Trinajstić information content (AvgIpc) is 2.73. The first kappa shape index (κ1) is 13.7. The zero-order valence-corrected chi connectivity index (χ0v) is 12.6. The number of aromatic hydroxyl groups is 1. The Balaban J connectivity index is 2.12. The summed E-state index contributed by atoms with van der Waals surface area (Å²) in [7, 11) is 1.83. The molecule has 0 amide bonds. The average molecular weight is 299 g/mol. The van der Waals surface area contributed by atoms with Crippen molar-refractivity contribution in [2.45, 2.75) is 6.92 Å². The van der Waals surface area contributed by atoms with E-state index < -0.39 is 0 Å². The third-order valence-corrected chi connectivity index (χ3v) is 3.85. The second-order valence-electron chi connectivity index (χ2n) is 5.00. The van der Waals surface area contributed by atoms with Crippen LogP contribution < -0.4 is 0 Å². The van der Waals surface area contributed by atoms with Gasteiger partial charge in [0.2, 0.25) is 5.88 Å². The molecule has 2 aromatic carbocycles. The number of hydrogen-bond donors (Lipinski definition) is 1. The summed E-state index contributed by atoms with van der Waals surface area (Å²) >= 11 is 6.00. The van der Waals surface area contributed by atoms with E-state index in [0.29, 0.717) is 10.6 Å². The van der Waals surface area contributed by atoms with Crippen molar-refractivity contribution in [3.63, 3.8) is 0 Å². The number of hydrogen-bond acceptors (Lipinski definition) is 2. The lowest BCUT2D eigenvalue weighted by molar-refractivity contribution is 0.434. The molecule has 3 rings (SSSR count). The minimum absolute atomic E-state index is 0.208. The quantitative estimate of drug-likeness (QED) is 0.690. The van der Waals surface area contributed by atoms with Crippen LogP contribution in [0.25, 0.3) is 10.9 Å². The Morgan fingerprint density at radius 3 is 2.76 bits per heavy atom. The lowest BCUT2D eigenvalue weighted by Crippen LogP contribution is -1.86. The van der Waals surface area contributed by atoms with Crippen molar-refractivity contribution in [1.82, 2.24) is 4.57 Å². The van der Waals surface area contributed by atoms with E-state index in [1.807, 2.05) is 56.4 Å². The summed E-state index contributed by atoms with van der Waals surface area (Å²) in [5.74, 6) is 0.208. The normalized spacial score (nSPS) is 11.6. The zero-order valence-electron chi connectivity index (χ0n) is 11.8. The van der Waals surface area contributed by atoms with E-state index in [1.165, 1.54) is 0 Å². The fourth-order valence-electron chi connectivity index (χ4n) is 2.39. The monoisotopic (exact) mass is 298 g/mol. The summed E-state index contributed by atoms with van der Waals surface area (Å²) in [5.41, 5.74) is 3.52. The molecule has 0 spiro atoms. The van der Waals surface area contributed by atoms with Crippen molar-refractivity contribution in [3.05, 3.63) is 58.6 Å². The summed E-state index contributed by atoms with van der Waals surface area (Å²) in [6.45, 7) is 1.98. The van der Waals surface area contributed by atoms with E-state index in [9.17, 15) is 5.11 Å². The van der Waals surface area contributed by atoms with Gasteiger partial charge in [-0.2, -0.15) is 0 Å². The first-order chi connectivity index (χ1) is 10.1. The largest absolute Gasteiger partial charge is 0.494 e. The third-order valence-electron chi connectivity index (χ3n) is 3.62. The van der Waals surface area contributed by atoms with Gasteiger partial charge in [0, 0.05) is 23.7 Å². The molecule has 0 radical (unpaired) electrons. The van der Waals surface area contributed by atoms with Gasteiger partial charge in [0.15, 0.2) is 0 Å². The van der Waals surface area contributed by atoms with E-state index in [-0.39, 0.29) is 5.88 Å². The molecule has 0 aliphatic carbocycles. The van der Waals surface area contributed by atoms with E-state index in [2.05, 4.69) is 4.99 Å². The first-order valence-corrected chi connectivity index (χ1v) is 7.02. The summed E-state index contributed by atoms with van der Waals surface area (Å²) in [6.07, 6.45) is 1.69. The molecule has 4 heteroatoms. The maximum Gasteiger partial charge on any atom is 0.200 e. The Bertz CT molecular complexity index is 849. The maximum absolute atomic E-state index is 10.3. The number of aromatic nitrogens is 1. The van der Waals surface area contributed by atoms with Gasteiger partial charge in [-0.05, 0) is 30.7 Å². The molecular weight excluding hydrogens is 284 g/mol. The van der Waals surface area contributed by atoms with Crippen LogP contribution in [0.1, 0.15) is 11.1 Å². The van der Waals surface area contributed by atoms with E-state index in [1.54, 1.807) is 10.8 Å². The number of rotatable bonds is 2. The lowest BCUT2D eigenvalue weighted by atomic mass is 10.2. The topological polar surface area (TPSA) is 37.5 Å². The Kier molecular flexibility index (Phi) is 3.43. The molecule has 0 saturated heterocycles. The number of halogens is 1. The second kappa shape index (κ2) is 5.26. The molecule has 1 aromatic heterocycles. The Morgan fingerprint density at radius 1 is 1.19 bits per heavy atom. The predicted octanol–water partition coefficient (Wildman–Crippen LogP) is 4.60. The third kappa shape index (κ3) is 2.41. The summed E-state index contributed by atoms with van der Waals surface area (Å²) in [4.78, 5) is 4.48. The van der Waals surface area contributed by atoms with Crippen LogP contribution in [0.4, 0.5) is 5.69 Å². The number of fused-ring (bicyclic) bond motifs is 1. The summed E-state index contributed by atoms with van der Waals surface area (Å²) < 4.78 is 1.75. The fraction of sp³-hybridized carbons (Fsp3) is 0.118. The highest BCUT2D eigenvalue weighted by atomic mass is 35.5. The van der Waals surface area contributed by atoms with Crippen molar-refractivity contribution >= 4 is 34.4 Å². The predicted molar refractivity (Wildman–Crippen MR) is 88.0 cm³/mol. The van der Waals surface area contributed by atoms with Crippen molar-refractivity contribution in [1.29, 1.82) is 0 Å². The van der Waals surface area contributed by atoms with Crippen LogP contribution in [0.3, 0.4) is 0 Å². The molecule has 0 aliphatic rings. The summed E-state index contributed by atoms with van der Waals surface area (Å²) in [6, 6.07) is 13.4. The summed E-state index contributed by atoms with van der Waals surface area (Å²) in [5, 5.41) is 11.9. The fourth-order valence-corrected chi connectivity index (χ4v) is 2.56. The molecule has 0 fully saturated rings. The Labute approximate surface area is 128 Å². The van der Waals surface area contributed by atoms with Crippen LogP contribution in [0.2, 0.25) is 5.02 Å². The van der Waals surface area contributed by atoms with Crippen molar-refractivity contribution in [2.24, 2.45) is 12.0 Å². The highest BCUT2D eigenvalue weighted by Gasteiger charge is 2.11. The molecule has 0 aliphatic heterocycles. The molecule has 0 unspecified atom stereocenters. The highest BCUT2D eigenvalue weighted by Crippen LogP contribution is 2.30. The standard InChI is InChI=1S/C17H15ClN2O/c1-11-7-8-12(18)9-15(11)19-10-14-13-5-3-4-6-16(13)20(2)17(14)21/h3-10,21H,1-2H3. The smallest absolute Gasteiger partial charge is 0.200 e. The van der Waals surface area contributed by atoms with Gasteiger partial charge in [0.25, 0.3) is 0 Å². The van der Waals surface area contributed by atoms with Gasteiger partial charge in [-0.1, -0.05) is 35.9 Å². The van der Waals surface area contributed by atoms with E-state index in [4.69, 9.17) is 11.6 Å². The molecule has 0 saturated carbocycles. The molecule has 21 heavy (non-hydrogen) atoms. The van der Waals surface area contributed by atoms with Crippen molar-refractivity contribution in [3.8, 4) is 5.88 Å². The van der Waals surface area contributed by atoms with Crippen LogP contribution in [0, 0.1) is 6.92 Å². The number of benzene rings is 2. The number of nitrogens with zero attached hydrogens (tertiary/aromatic N) is 2. The molecule has 3 nitrogen and oxygen atoms in total. The van der Waals surface area contributed by atoms with Gasteiger partial charge < -0.3 is 9.67 Å². The second-order valence-corrected chi connectivity index (χ2v) is 5.44. The maximum atomic E-state index is 10.3. The van der Waals surface area contributed by atoms with Gasteiger partial charge in [0.05, 0.1) is 16.8 Å². The van der Waals surface area contributed by atoms with Gasteiger partial charge in [-0.15, -0.1) is 0 Å². The molecule has 1 N–H and O–H groups in total. The van der Waals surface area contributed by atoms with Gasteiger partial charge in [-0.25, -0.2) is 0 Å². The SMILES string of the molecule is Cc1ccc(Cl)cc1N=Cc1c(O)n(C)c2ccccc12. The van der Waals surface area contributed by atoms with Crippen LogP contribution in [0.5, 0.6) is 5.88 Å². The van der Waals surface area contributed by atoms with E-state index in [0.717, 1.165) is 22.2 Å². The van der Waals surface area contributed by atoms with Crippen molar-refractivity contribution in [2.75, 3.05) is 0 Å². The lowest BCUT2D eigenvalue weighted by Gasteiger charge is -2.00. The molecule has 106 valence electrons.